The lowest BCUT2D eigenvalue weighted by Crippen LogP contribution is -2.12. The molecule has 28 heavy (non-hydrogen) atoms. The third-order valence-electron chi connectivity index (χ3n) is 3.76. The molecule has 138 valence electrons. The molecule has 0 aliphatic rings. The minimum absolute atomic E-state index is 0.247. The Kier molecular flexibility index (Phi) is 5.22. The lowest BCUT2D eigenvalue weighted by atomic mass is 10.2. The minimum atomic E-state index is -0.265. The van der Waals surface area contributed by atoms with Gasteiger partial charge in [-0.15, -0.1) is 22.7 Å². The van der Waals surface area contributed by atoms with Crippen LogP contribution in [-0.4, -0.2) is 21.8 Å². The summed E-state index contributed by atoms with van der Waals surface area (Å²) in [4.78, 5) is 32.7. The topological polar surface area (TPSA) is 84.0 Å². The van der Waals surface area contributed by atoms with Crippen molar-refractivity contribution in [3.05, 3.63) is 76.8 Å². The van der Waals surface area contributed by atoms with E-state index in [0.717, 1.165) is 15.2 Å². The average molecular weight is 406 g/mol. The standard InChI is InChI=1S/C20H14N4O2S2/c25-17(9-10-18-23-15-3-1-2-4-16(15)28-18)22-14-7-5-13(6-8-14)19(26)24-20-21-11-12-27-20/h1-12H,(H,22,25)(H,21,24,26)/b10-9+. The van der Waals surface area contributed by atoms with Gasteiger partial charge >= 0.3 is 0 Å². The van der Waals surface area contributed by atoms with E-state index in [2.05, 4.69) is 20.6 Å². The van der Waals surface area contributed by atoms with E-state index in [-0.39, 0.29) is 11.8 Å². The number of nitrogens with one attached hydrogen (secondary N) is 2. The molecule has 0 aliphatic carbocycles. The van der Waals surface area contributed by atoms with Crippen LogP contribution in [0.1, 0.15) is 15.4 Å². The van der Waals surface area contributed by atoms with Crippen molar-refractivity contribution in [2.75, 3.05) is 10.6 Å². The smallest absolute Gasteiger partial charge is 0.257 e. The van der Waals surface area contributed by atoms with Crippen LogP contribution in [0.15, 0.2) is 66.2 Å². The predicted molar refractivity (Wildman–Crippen MR) is 114 cm³/mol. The summed E-state index contributed by atoms with van der Waals surface area (Å²) in [6, 6.07) is 14.5. The van der Waals surface area contributed by atoms with Crippen LogP contribution < -0.4 is 10.6 Å². The van der Waals surface area contributed by atoms with Crippen molar-refractivity contribution in [1.29, 1.82) is 0 Å². The predicted octanol–water partition coefficient (Wildman–Crippen LogP) is 4.66. The highest BCUT2D eigenvalue weighted by molar-refractivity contribution is 7.19. The first-order valence-electron chi connectivity index (χ1n) is 8.33. The number of para-hydroxylation sites is 1. The molecule has 0 fully saturated rings. The second kappa shape index (κ2) is 8.12. The van der Waals surface area contributed by atoms with Crippen molar-refractivity contribution in [3.63, 3.8) is 0 Å². The van der Waals surface area contributed by atoms with Crippen LogP contribution in [0.2, 0.25) is 0 Å². The second-order valence-corrected chi connectivity index (χ2v) is 7.67. The van der Waals surface area contributed by atoms with E-state index < -0.39 is 0 Å². The molecule has 0 saturated heterocycles. The van der Waals surface area contributed by atoms with Crippen molar-refractivity contribution in [3.8, 4) is 0 Å². The zero-order valence-electron chi connectivity index (χ0n) is 14.5. The maximum atomic E-state index is 12.1. The molecule has 2 N–H and O–H groups in total. The third kappa shape index (κ3) is 4.30. The van der Waals surface area contributed by atoms with Gasteiger partial charge in [-0.1, -0.05) is 12.1 Å². The average Bonchev–Trinajstić information content (AvgIpc) is 3.36. The highest BCUT2D eigenvalue weighted by Crippen LogP contribution is 2.22. The van der Waals surface area contributed by atoms with E-state index >= 15 is 0 Å². The van der Waals surface area contributed by atoms with E-state index in [4.69, 9.17) is 0 Å². The van der Waals surface area contributed by atoms with Gasteiger partial charge in [0.05, 0.1) is 10.2 Å². The fraction of sp³-hybridized carbons (Fsp3) is 0. The summed E-state index contributed by atoms with van der Waals surface area (Å²) >= 11 is 2.88. The molecular formula is C20H14N4O2S2. The Balaban J connectivity index is 1.37. The Bertz CT molecular complexity index is 1120. The van der Waals surface area contributed by atoms with E-state index in [9.17, 15) is 9.59 Å². The Morgan fingerprint density at radius 2 is 1.82 bits per heavy atom. The van der Waals surface area contributed by atoms with Crippen LogP contribution in [0.5, 0.6) is 0 Å². The number of benzene rings is 2. The molecule has 2 amide bonds. The SMILES string of the molecule is O=C(/C=C/c1nc2ccccc2s1)Nc1ccc(C(=O)Nc2nccs2)cc1. The van der Waals surface area contributed by atoms with Gasteiger partial charge in [0, 0.05) is 28.9 Å². The molecule has 0 unspecified atom stereocenters. The summed E-state index contributed by atoms with van der Waals surface area (Å²) in [5.74, 6) is -0.511. The quantitative estimate of drug-likeness (QED) is 0.472. The van der Waals surface area contributed by atoms with Crippen LogP contribution in [0.4, 0.5) is 10.8 Å². The Labute approximate surface area is 168 Å². The number of thiazole rings is 2. The van der Waals surface area contributed by atoms with Crippen LogP contribution in [0.3, 0.4) is 0 Å². The maximum Gasteiger partial charge on any atom is 0.257 e. The lowest BCUT2D eigenvalue weighted by Gasteiger charge is -2.04. The first-order valence-corrected chi connectivity index (χ1v) is 10.0. The normalized spacial score (nSPS) is 11.0. The van der Waals surface area contributed by atoms with Crippen molar-refractivity contribution in [2.45, 2.75) is 0 Å². The number of carbonyl (C=O) groups is 2. The number of anilines is 2. The van der Waals surface area contributed by atoms with Gasteiger partial charge < -0.3 is 5.32 Å². The number of amides is 2. The van der Waals surface area contributed by atoms with Crippen molar-refractivity contribution in [2.24, 2.45) is 0 Å². The van der Waals surface area contributed by atoms with Gasteiger partial charge in [-0.05, 0) is 42.5 Å². The molecule has 2 heterocycles. The molecule has 2 aromatic heterocycles. The van der Waals surface area contributed by atoms with E-state index in [0.29, 0.717) is 16.4 Å². The number of hydrogen-bond acceptors (Lipinski definition) is 6. The number of fused-ring (bicyclic) bond motifs is 1. The summed E-state index contributed by atoms with van der Waals surface area (Å²) in [5, 5.41) is 8.58. The molecule has 0 saturated carbocycles. The van der Waals surface area contributed by atoms with Crippen molar-refractivity contribution >= 4 is 61.6 Å². The molecular weight excluding hydrogens is 392 g/mol. The van der Waals surface area contributed by atoms with E-state index in [1.54, 1.807) is 41.9 Å². The van der Waals surface area contributed by atoms with Crippen molar-refractivity contribution in [1.82, 2.24) is 9.97 Å². The first kappa shape index (κ1) is 18.0. The fourth-order valence-corrected chi connectivity index (χ4v) is 3.85. The molecule has 0 atom stereocenters. The van der Waals surface area contributed by atoms with Gasteiger partial charge in [0.2, 0.25) is 5.91 Å². The largest absolute Gasteiger partial charge is 0.323 e. The monoisotopic (exact) mass is 406 g/mol. The first-order chi connectivity index (χ1) is 13.7. The van der Waals surface area contributed by atoms with Gasteiger partial charge in [-0.25, -0.2) is 9.97 Å². The van der Waals surface area contributed by atoms with Gasteiger partial charge in [0.15, 0.2) is 5.13 Å². The Morgan fingerprint density at radius 3 is 2.57 bits per heavy atom. The molecule has 8 heteroatoms. The number of hydrogen-bond donors (Lipinski definition) is 2. The zero-order valence-corrected chi connectivity index (χ0v) is 16.1. The van der Waals surface area contributed by atoms with Crippen LogP contribution in [0.25, 0.3) is 16.3 Å². The molecule has 0 bridgehead atoms. The van der Waals surface area contributed by atoms with Crippen LogP contribution in [0, 0.1) is 0 Å². The lowest BCUT2D eigenvalue weighted by molar-refractivity contribution is -0.111. The molecule has 4 rings (SSSR count). The highest BCUT2D eigenvalue weighted by Gasteiger charge is 2.08. The molecule has 0 spiro atoms. The maximum absolute atomic E-state index is 12.1. The van der Waals surface area contributed by atoms with E-state index in [1.165, 1.54) is 28.7 Å². The van der Waals surface area contributed by atoms with E-state index in [1.807, 2.05) is 24.3 Å². The van der Waals surface area contributed by atoms with Gasteiger partial charge in [-0.2, -0.15) is 0 Å². The zero-order chi connectivity index (χ0) is 19.3. The second-order valence-electron chi connectivity index (χ2n) is 5.71. The molecule has 6 nitrogen and oxygen atoms in total. The summed E-state index contributed by atoms with van der Waals surface area (Å²) in [7, 11) is 0. The van der Waals surface area contributed by atoms with Crippen molar-refractivity contribution < 1.29 is 9.59 Å². The number of nitrogens with zero attached hydrogens (tertiary/aromatic N) is 2. The van der Waals surface area contributed by atoms with Gasteiger partial charge in [0.25, 0.3) is 5.91 Å². The minimum Gasteiger partial charge on any atom is -0.323 e. The Hall–Kier alpha value is -3.36. The van der Waals surface area contributed by atoms with Gasteiger partial charge in [0.1, 0.15) is 5.01 Å². The number of aromatic nitrogens is 2. The number of rotatable bonds is 5. The summed E-state index contributed by atoms with van der Waals surface area (Å²) in [5.41, 5.74) is 2.00. The number of carbonyl (C=O) groups excluding carboxylic acids is 2. The molecule has 0 radical (unpaired) electrons. The van der Waals surface area contributed by atoms with Gasteiger partial charge in [-0.3, -0.25) is 14.9 Å². The van der Waals surface area contributed by atoms with Crippen LogP contribution in [-0.2, 0) is 4.79 Å². The molecule has 4 aromatic rings. The van der Waals surface area contributed by atoms with Crippen LogP contribution >= 0.6 is 22.7 Å². The summed E-state index contributed by atoms with van der Waals surface area (Å²) in [6.07, 6.45) is 4.76. The fourth-order valence-electron chi connectivity index (χ4n) is 2.45. The third-order valence-corrected chi connectivity index (χ3v) is 5.45. The highest BCUT2D eigenvalue weighted by atomic mass is 32.1. The Morgan fingerprint density at radius 1 is 1.00 bits per heavy atom. The molecule has 0 aliphatic heterocycles. The summed E-state index contributed by atoms with van der Waals surface area (Å²) < 4.78 is 1.08. The molecule has 2 aromatic carbocycles. The summed E-state index contributed by atoms with van der Waals surface area (Å²) in [6.45, 7) is 0.